The summed E-state index contributed by atoms with van der Waals surface area (Å²) in [5.74, 6) is 0.940. The molecule has 0 atom stereocenters. The van der Waals surface area contributed by atoms with Crippen molar-refractivity contribution in [1.82, 2.24) is 5.32 Å². The van der Waals surface area contributed by atoms with Crippen molar-refractivity contribution < 1.29 is 4.42 Å². The summed E-state index contributed by atoms with van der Waals surface area (Å²) in [5, 5.41) is 3.46. The maximum Gasteiger partial charge on any atom is 0.126 e. The largest absolute Gasteiger partial charge is 0.465 e. The van der Waals surface area contributed by atoms with Crippen LogP contribution in [0.1, 0.15) is 25.5 Å². The van der Waals surface area contributed by atoms with Crippen LogP contribution in [0.2, 0.25) is 0 Å². The van der Waals surface area contributed by atoms with Crippen molar-refractivity contribution in [1.29, 1.82) is 0 Å². The fourth-order valence-corrected chi connectivity index (χ4v) is 1.26. The Morgan fingerprint density at radius 1 is 1.69 bits per heavy atom. The summed E-state index contributed by atoms with van der Waals surface area (Å²) in [5.41, 5.74) is 1.32. The lowest BCUT2D eigenvalue weighted by atomic mass is 10.2. The van der Waals surface area contributed by atoms with Crippen LogP contribution in [-0.2, 0) is 0 Å². The Kier molecular flexibility index (Phi) is 2.50. The Balaban J connectivity index is 1.84. The van der Waals surface area contributed by atoms with E-state index in [-0.39, 0.29) is 0 Å². The van der Waals surface area contributed by atoms with Crippen LogP contribution in [-0.4, -0.2) is 12.6 Å². The third-order valence-electron chi connectivity index (χ3n) is 2.18. The lowest BCUT2D eigenvalue weighted by Crippen LogP contribution is -2.18. The lowest BCUT2D eigenvalue weighted by molar-refractivity contribution is 0.556. The first-order chi connectivity index (χ1) is 6.34. The monoisotopic (exact) mass is 177 g/mol. The van der Waals surface area contributed by atoms with Crippen LogP contribution in [0.15, 0.2) is 28.4 Å². The quantitative estimate of drug-likeness (QED) is 0.764. The van der Waals surface area contributed by atoms with Gasteiger partial charge in [0.05, 0.1) is 6.26 Å². The molecule has 1 heterocycles. The predicted molar refractivity (Wildman–Crippen MR) is 53.4 cm³/mol. The molecule has 0 spiro atoms. The van der Waals surface area contributed by atoms with Gasteiger partial charge in [-0.05, 0) is 38.0 Å². The molecular formula is C11H15NO. The van der Waals surface area contributed by atoms with E-state index in [1.54, 1.807) is 6.26 Å². The number of furan rings is 1. The molecule has 0 saturated heterocycles. The maximum absolute atomic E-state index is 5.22. The van der Waals surface area contributed by atoms with Crippen molar-refractivity contribution in [2.75, 3.05) is 6.54 Å². The number of hydrogen-bond acceptors (Lipinski definition) is 2. The van der Waals surface area contributed by atoms with Crippen molar-refractivity contribution in [2.24, 2.45) is 0 Å². The molecule has 1 saturated carbocycles. The first kappa shape index (κ1) is 8.57. The molecule has 0 aliphatic heterocycles. The van der Waals surface area contributed by atoms with Gasteiger partial charge in [-0.3, -0.25) is 0 Å². The van der Waals surface area contributed by atoms with Gasteiger partial charge in [0.25, 0.3) is 0 Å². The number of nitrogens with one attached hydrogen (secondary N) is 1. The van der Waals surface area contributed by atoms with Crippen LogP contribution in [0.4, 0.5) is 0 Å². The highest BCUT2D eigenvalue weighted by Gasteiger charge is 2.19. The molecule has 13 heavy (non-hydrogen) atoms. The standard InChI is InChI=1S/C11H15NO/c1-9(8-12-10-4-5-10)7-11-3-2-6-13-11/h2-3,6-7,10,12H,4-5,8H2,1H3. The van der Waals surface area contributed by atoms with Crippen LogP contribution in [0.5, 0.6) is 0 Å². The molecule has 2 rings (SSSR count). The fraction of sp³-hybridized carbons (Fsp3) is 0.455. The Hall–Kier alpha value is -1.02. The molecule has 2 nitrogen and oxygen atoms in total. The fourth-order valence-electron chi connectivity index (χ4n) is 1.26. The lowest BCUT2D eigenvalue weighted by Gasteiger charge is -2.01. The molecular weight excluding hydrogens is 162 g/mol. The van der Waals surface area contributed by atoms with E-state index in [0.717, 1.165) is 18.3 Å². The van der Waals surface area contributed by atoms with E-state index in [0.29, 0.717) is 0 Å². The second-order valence-corrected chi connectivity index (χ2v) is 3.66. The minimum Gasteiger partial charge on any atom is -0.465 e. The Labute approximate surface area is 78.6 Å². The normalized spacial score (nSPS) is 17.8. The molecule has 0 aromatic carbocycles. The topological polar surface area (TPSA) is 25.2 Å². The van der Waals surface area contributed by atoms with E-state index in [2.05, 4.69) is 18.3 Å². The van der Waals surface area contributed by atoms with Crippen LogP contribution >= 0.6 is 0 Å². The van der Waals surface area contributed by atoms with E-state index < -0.39 is 0 Å². The zero-order valence-electron chi connectivity index (χ0n) is 7.92. The van der Waals surface area contributed by atoms with Crippen molar-refractivity contribution in [3.05, 3.63) is 29.7 Å². The van der Waals surface area contributed by atoms with E-state index in [1.165, 1.54) is 18.4 Å². The highest BCUT2D eigenvalue weighted by molar-refractivity contribution is 5.46. The van der Waals surface area contributed by atoms with Gasteiger partial charge in [-0.25, -0.2) is 0 Å². The molecule has 1 aromatic heterocycles. The molecule has 2 heteroatoms. The van der Waals surface area contributed by atoms with Crippen molar-refractivity contribution in [3.8, 4) is 0 Å². The first-order valence-electron chi connectivity index (χ1n) is 4.78. The minimum atomic E-state index is 0.778. The number of rotatable bonds is 4. The Morgan fingerprint density at radius 3 is 3.15 bits per heavy atom. The zero-order chi connectivity index (χ0) is 9.10. The van der Waals surface area contributed by atoms with Crippen LogP contribution in [0.3, 0.4) is 0 Å². The van der Waals surface area contributed by atoms with E-state index >= 15 is 0 Å². The van der Waals surface area contributed by atoms with E-state index in [9.17, 15) is 0 Å². The molecule has 0 bridgehead atoms. The van der Waals surface area contributed by atoms with Gasteiger partial charge in [0, 0.05) is 12.6 Å². The molecule has 0 unspecified atom stereocenters. The molecule has 1 fully saturated rings. The minimum absolute atomic E-state index is 0.778. The summed E-state index contributed by atoms with van der Waals surface area (Å²) in [6.07, 6.45) is 6.46. The summed E-state index contributed by atoms with van der Waals surface area (Å²) < 4.78 is 5.22. The second-order valence-electron chi connectivity index (χ2n) is 3.66. The molecule has 1 N–H and O–H groups in total. The molecule has 0 amide bonds. The Bertz CT molecular complexity index is 283. The zero-order valence-corrected chi connectivity index (χ0v) is 7.92. The van der Waals surface area contributed by atoms with Gasteiger partial charge in [0.1, 0.15) is 5.76 Å². The van der Waals surface area contributed by atoms with Crippen LogP contribution in [0.25, 0.3) is 6.08 Å². The van der Waals surface area contributed by atoms with Gasteiger partial charge in [-0.2, -0.15) is 0 Å². The number of hydrogen-bond donors (Lipinski definition) is 1. The van der Waals surface area contributed by atoms with Gasteiger partial charge in [-0.1, -0.05) is 5.57 Å². The van der Waals surface area contributed by atoms with Crippen molar-refractivity contribution in [3.63, 3.8) is 0 Å². The third kappa shape index (κ3) is 2.74. The average Bonchev–Trinajstić information content (AvgIpc) is 2.82. The average molecular weight is 177 g/mol. The predicted octanol–water partition coefficient (Wildman–Crippen LogP) is 2.43. The molecule has 0 radical (unpaired) electrons. The first-order valence-corrected chi connectivity index (χ1v) is 4.78. The highest BCUT2D eigenvalue weighted by Crippen LogP contribution is 2.18. The molecule has 1 aliphatic rings. The van der Waals surface area contributed by atoms with Gasteiger partial charge in [0.15, 0.2) is 0 Å². The van der Waals surface area contributed by atoms with Gasteiger partial charge in [0.2, 0.25) is 0 Å². The van der Waals surface area contributed by atoms with Crippen LogP contribution < -0.4 is 5.32 Å². The van der Waals surface area contributed by atoms with Crippen LogP contribution in [0, 0.1) is 0 Å². The smallest absolute Gasteiger partial charge is 0.126 e. The maximum atomic E-state index is 5.22. The Morgan fingerprint density at radius 2 is 2.54 bits per heavy atom. The molecule has 70 valence electrons. The molecule has 1 aliphatic carbocycles. The SMILES string of the molecule is CC(=Cc1ccco1)CNC1CC1. The second kappa shape index (κ2) is 3.79. The van der Waals surface area contributed by atoms with E-state index in [4.69, 9.17) is 4.42 Å². The summed E-state index contributed by atoms with van der Waals surface area (Å²) >= 11 is 0. The highest BCUT2D eigenvalue weighted by atomic mass is 16.3. The summed E-state index contributed by atoms with van der Waals surface area (Å²) in [4.78, 5) is 0. The van der Waals surface area contributed by atoms with Gasteiger partial charge in [-0.15, -0.1) is 0 Å². The summed E-state index contributed by atoms with van der Waals surface area (Å²) in [7, 11) is 0. The van der Waals surface area contributed by atoms with Crippen molar-refractivity contribution in [2.45, 2.75) is 25.8 Å². The van der Waals surface area contributed by atoms with Gasteiger partial charge < -0.3 is 9.73 Å². The summed E-state index contributed by atoms with van der Waals surface area (Å²) in [6, 6.07) is 4.66. The molecule has 1 aromatic rings. The van der Waals surface area contributed by atoms with Crippen molar-refractivity contribution >= 4 is 6.08 Å². The van der Waals surface area contributed by atoms with E-state index in [1.807, 2.05) is 12.1 Å². The van der Waals surface area contributed by atoms with Gasteiger partial charge >= 0.3 is 0 Å². The third-order valence-corrected chi connectivity index (χ3v) is 2.18. The summed E-state index contributed by atoms with van der Waals surface area (Å²) in [6.45, 7) is 3.10.